The van der Waals surface area contributed by atoms with E-state index in [1.807, 2.05) is 0 Å². The molecule has 9 nitrogen and oxygen atoms in total. The van der Waals surface area contributed by atoms with Crippen molar-refractivity contribution < 1.29 is 42.7 Å². The Balaban J connectivity index is 3.17. The molecule has 9 heteroatoms. The van der Waals surface area contributed by atoms with Crippen molar-refractivity contribution >= 4 is 11.9 Å². The van der Waals surface area contributed by atoms with Gasteiger partial charge in [0.25, 0.3) is 0 Å². The molecule has 0 radical (unpaired) electrons. The number of ether oxygens (including phenoxy) is 7. The maximum atomic E-state index is 11.8. The van der Waals surface area contributed by atoms with Crippen LogP contribution in [0, 0.1) is 0 Å². The molecule has 0 aromatic carbocycles. The molecule has 0 saturated heterocycles. The molecular formula is C34H64O9. The van der Waals surface area contributed by atoms with Gasteiger partial charge in [0.1, 0.15) is 13.2 Å². The summed E-state index contributed by atoms with van der Waals surface area (Å²) in [6, 6.07) is 0. The molecule has 43 heavy (non-hydrogen) atoms. The molecule has 0 aromatic rings. The van der Waals surface area contributed by atoms with Gasteiger partial charge in [0, 0.05) is 12.0 Å². The SMILES string of the molecule is C=C(C)C(=O)OCCOCCOCCOCCOCCOCCOC(=O)CCCCCCCCCCCCCCCCC. The Labute approximate surface area is 262 Å². The van der Waals surface area contributed by atoms with Gasteiger partial charge in [-0.3, -0.25) is 4.79 Å². The van der Waals surface area contributed by atoms with Crippen molar-refractivity contribution in [2.24, 2.45) is 0 Å². The van der Waals surface area contributed by atoms with E-state index in [4.69, 9.17) is 33.2 Å². The fourth-order valence-corrected chi connectivity index (χ4v) is 4.23. The number of rotatable bonds is 35. The first kappa shape index (κ1) is 41.5. The molecule has 0 fully saturated rings. The molecule has 0 bridgehead atoms. The van der Waals surface area contributed by atoms with E-state index in [-0.39, 0.29) is 19.2 Å². The second-order valence-corrected chi connectivity index (χ2v) is 10.9. The number of hydrogen-bond acceptors (Lipinski definition) is 9. The Morgan fingerprint density at radius 1 is 0.442 bits per heavy atom. The molecule has 0 aromatic heterocycles. The van der Waals surface area contributed by atoms with Crippen LogP contribution in [-0.4, -0.2) is 91.2 Å². The molecule has 0 spiro atoms. The number of carbonyl (C=O) groups excluding carboxylic acids is 2. The summed E-state index contributed by atoms with van der Waals surface area (Å²) in [5.41, 5.74) is 0.372. The molecule has 0 heterocycles. The maximum absolute atomic E-state index is 11.8. The third-order valence-corrected chi connectivity index (χ3v) is 6.77. The third kappa shape index (κ3) is 34.8. The van der Waals surface area contributed by atoms with Gasteiger partial charge >= 0.3 is 11.9 Å². The average molecular weight is 617 g/mol. The Morgan fingerprint density at radius 2 is 0.744 bits per heavy atom. The van der Waals surface area contributed by atoms with E-state index in [9.17, 15) is 9.59 Å². The van der Waals surface area contributed by atoms with Crippen molar-refractivity contribution in [2.75, 3.05) is 79.3 Å². The summed E-state index contributed by atoms with van der Waals surface area (Å²) >= 11 is 0. The van der Waals surface area contributed by atoms with Crippen molar-refractivity contribution in [2.45, 2.75) is 117 Å². The minimum atomic E-state index is -0.410. The summed E-state index contributed by atoms with van der Waals surface area (Å²) in [5, 5.41) is 0. The van der Waals surface area contributed by atoms with Crippen LogP contribution >= 0.6 is 0 Å². The van der Waals surface area contributed by atoms with Crippen molar-refractivity contribution in [3.63, 3.8) is 0 Å². The van der Waals surface area contributed by atoms with Crippen LogP contribution in [0.15, 0.2) is 12.2 Å². The van der Waals surface area contributed by atoms with Gasteiger partial charge in [0.15, 0.2) is 0 Å². The van der Waals surface area contributed by atoms with Crippen LogP contribution < -0.4 is 0 Å². The molecule has 0 aliphatic heterocycles. The van der Waals surface area contributed by atoms with Crippen molar-refractivity contribution in [3.05, 3.63) is 12.2 Å². The van der Waals surface area contributed by atoms with Gasteiger partial charge in [-0.15, -0.1) is 0 Å². The topological polar surface area (TPSA) is 98.8 Å². The second kappa shape index (κ2) is 35.0. The maximum Gasteiger partial charge on any atom is 0.333 e. The van der Waals surface area contributed by atoms with Gasteiger partial charge in [0.05, 0.1) is 66.1 Å². The minimum absolute atomic E-state index is 0.134. The van der Waals surface area contributed by atoms with Gasteiger partial charge in [-0.25, -0.2) is 4.79 Å². The Kier molecular flexibility index (Phi) is 33.7. The van der Waals surface area contributed by atoms with E-state index in [0.717, 1.165) is 12.8 Å². The highest BCUT2D eigenvalue weighted by Gasteiger charge is 2.03. The number of carbonyl (C=O) groups is 2. The summed E-state index contributed by atoms with van der Waals surface area (Å²) in [6.45, 7) is 12.2. The van der Waals surface area contributed by atoms with Crippen LogP contribution in [0.2, 0.25) is 0 Å². The zero-order chi connectivity index (χ0) is 31.5. The third-order valence-electron chi connectivity index (χ3n) is 6.77. The molecule has 0 aliphatic rings. The van der Waals surface area contributed by atoms with Crippen molar-refractivity contribution in [1.29, 1.82) is 0 Å². The second-order valence-electron chi connectivity index (χ2n) is 10.9. The lowest BCUT2D eigenvalue weighted by molar-refractivity contribution is -0.145. The Hall–Kier alpha value is -1.52. The van der Waals surface area contributed by atoms with Crippen LogP contribution in [0.1, 0.15) is 117 Å². The molecule has 0 amide bonds. The summed E-state index contributed by atoms with van der Waals surface area (Å²) in [5.74, 6) is -0.545. The van der Waals surface area contributed by atoms with E-state index in [1.54, 1.807) is 6.92 Å². The summed E-state index contributed by atoms with van der Waals surface area (Å²) < 4.78 is 37.2. The Morgan fingerprint density at radius 3 is 1.09 bits per heavy atom. The fourth-order valence-electron chi connectivity index (χ4n) is 4.23. The van der Waals surface area contributed by atoms with E-state index in [1.165, 1.54) is 83.5 Å². The van der Waals surface area contributed by atoms with E-state index in [2.05, 4.69) is 13.5 Å². The first-order chi connectivity index (χ1) is 21.1. The zero-order valence-electron chi connectivity index (χ0n) is 27.7. The quantitative estimate of drug-likeness (QED) is 0.0424. The number of unbranched alkanes of at least 4 members (excludes halogenated alkanes) is 14. The van der Waals surface area contributed by atoms with Crippen molar-refractivity contribution in [3.8, 4) is 0 Å². The van der Waals surface area contributed by atoms with Crippen LogP contribution in [0.5, 0.6) is 0 Å². The largest absolute Gasteiger partial charge is 0.463 e. The number of hydrogen-bond donors (Lipinski definition) is 0. The Bertz CT molecular complexity index is 627. The average Bonchev–Trinajstić information content (AvgIpc) is 3.00. The van der Waals surface area contributed by atoms with Crippen molar-refractivity contribution in [1.82, 2.24) is 0 Å². The van der Waals surface area contributed by atoms with E-state index in [0.29, 0.717) is 78.1 Å². The van der Waals surface area contributed by atoms with Crippen LogP contribution in [0.4, 0.5) is 0 Å². The summed E-state index contributed by atoms with van der Waals surface area (Å²) in [7, 11) is 0. The van der Waals surface area contributed by atoms with E-state index < -0.39 is 5.97 Å². The van der Waals surface area contributed by atoms with Gasteiger partial charge in [-0.1, -0.05) is 103 Å². The molecule has 0 rings (SSSR count). The standard InChI is InChI=1S/C34H64O9/c1-4-5-6-7-8-9-10-11-12-13-14-15-16-17-18-19-33(35)42-30-28-40-26-24-38-22-20-37-21-23-39-25-27-41-29-31-43-34(36)32(2)3/h2,4-31H2,1,3H3. The first-order valence-corrected chi connectivity index (χ1v) is 16.9. The molecule has 0 N–H and O–H groups in total. The van der Waals surface area contributed by atoms with Crippen LogP contribution in [-0.2, 0) is 42.7 Å². The predicted octanol–water partition coefficient (Wildman–Crippen LogP) is 6.99. The lowest BCUT2D eigenvalue weighted by Gasteiger charge is -2.08. The van der Waals surface area contributed by atoms with E-state index >= 15 is 0 Å². The highest BCUT2D eigenvalue weighted by Crippen LogP contribution is 2.13. The molecular weight excluding hydrogens is 552 g/mol. The first-order valence-electron chi connectivity index (χ1n) is 16.9. The summed E-state index contributed by atoms with van der Waals surface area (Å²) in [4.78, 5) is 23.0. The van der Waals surface area contributed by atoms with Crippen LogP contribution in [0.3, 0.4) is 0 Å². The zero-order valence-corrected chi connectivity index (χ0v) is 27.7. The molecule has 0 unspecified atom stereocenters. The lowest BCUT2D eigenvalue weighted by atomic mass is 10.0. The molecule has 254 valence electrons. The normalized spacial score (nSPS) is 11.1. The molecule has 0 aliphatic carbocycles. The minimum Gasteiger partial charge on any atom is -0.463 e. The molecule has 0 saturated carbocycles. The fraction of sp³-hybridized carbons (Fsp3) is 0.882. The molecule has 0 atom stereocenters. The predicted molar refractivity (Wildman–Crippen MR) is 170 cm³/mol. The lowest BCUT2D eigenvalue weighted by Crippen LogP contribution is -2.15. The van der Waals surface area contributed by atoms with Gasteiger partial charge < -0.3 is 33.2 Å². The number of esters is 2. The monoisotopic (exact) mass is 616 g/mol. The van der Waals surface area contributed by atoms with Gasteiger partial charge in [0.2, 0.25) is 0 Å². The highest BCUT2D eigenvalue weighted by molar-refractivity contribution is 5.86. The summed E-state index contributed by atoms with van der Waals surface area (Å²) in [6.07, 6.45) is 20.2. The highest BCUT2D eigenvalue weighted by atomic mass is 16.6. The van der Waals surface area contributed by atoms with Crippen LogP contribution in [0.25, 0.3) is 0 Å². The van der Waals surface area contributed by atoms with Gasteiger partial charge in [-0.05, 0) is 13.3 Å². The smallest absolute Gasteiger partial charge is 0.333 e. The van der Waals surface area contributed by atoms with Gasteiger partial charge in [-0.2, -0.15) is 0 Å².